The van der Waals surface area contributed by atoms with Gasteiger partial charge in [0.15, 0.2) is 11.5 Å². The van der Waals surface area contributed by atoms with E-state index in [0.29, 0.717) is 30.4 Å². The van der Waals surface area contributed by atoms with Crippen LogP contribution in [0.5, 0.6) is 11.5 Å². The number of carbonyl (C=O) groups is 2. The van der Waals surface area contributed by atoms with Crippen LogP contribution in [-0.2, 0) is 9.59 Å². The Bertz CT molecular complexity index is 869. The summed E-state index contributed by atoms with van der Waals surface area (Å²) in [5, 5.41) is 2.83. The van der Waals surface area contributed by atoms with Gasteiger partial charge in [0.05, 0.1) is 5.69 Å². The van der Waals surface area contributed by atoms with E-state index < -0.39 is 0 Å². The second-order valence-electron chi connectivity index (χ2n) is 6.76. The fourth-order valence-electron chi connectivity index (χ4n) is 3.41. The number of nitrogens with one attached hydrogen (secondary N) is 1. The Labute approximate surface area is 159 Å². The zero-order valence-corrected chi connectivity index (χ0v) is 16.1. The van der Waals surface area contributed by atoms with Gasteiger partial charge in [-0.1, -0.05) is 17.7 Å². The lowest BCUT2D eigenvalue weighted by Crippen LogP contribution is -2.37. The van der Waals surface area contributed by atoms with E-state index in [-0.39, 0.29) is 18.4 Å². The molecule has 142 valence electrons. The zero-order chi connectivity index (χ0) is 19.6. The molecule has 0 bridgehead atoms. The Hall–Kier alpha value is -3.02. The molecule has 0 atom stereocenters. The largest absolute Gasteiger partial charge is 0.486 e. The molecular formula is C21H24N2O4. The van der Waals surface area contributed by atoms with Crippen molar-refractivity contribution in [1.29, 1.82) is 0 Å². The molecule has 0 spiro atoms. The molecule has 27 heavy (non-hydrogen) atoms. The molecule has 6 heteroatoms. The lowest BCUT2D eigenvalue weighted by Gasteiger charge is -2.25. The van der Waals surface area contributed by atoms with Gasteiger partial charge in [-0.25, -0.2) is 0 Å². The van der Waals surface area contributed by atoms with Gasteiger partial charge in [-0.05, 0) is 44.0 Å². The SMILES string of the molecule is CC(=O)N(CC(=O)Nc1ccc2c(c1)OCCO2)c1c(C)cc(C)cc1C. The van der Waals surface area contributed by atoms with E-state index in [2.05, 4.69) is 5.32 Å². The summed E-state index contributed by atoms with van der Waals surface area (Å²) < 4.78 is 11.0. The lowest BCUT2D eigenvalue weighted by molar-refractivity contribution is -0.120. The molecule has 0 fully saturated rings. The molecule has 2 aromatic carbocycles. The maximum Gasteiger partial charge on any atom is 0.244 e. The number of fused-ring (bicyclic) bond motifs is 1. The average Bonchev–Trinajstić information content (AvgIpc) is 2.59. The van der Waals surface area contributed by atoms with Crippen LogP contribution in [0.1, 0.15) is 23.6 Å². The summed E-state index contributed by atoms with van der Waals surface area (Å²) in [5.74, 6) is 0.812. The minimum atomic E-state index is -0.277. The monoisotopic (exact) mass is 368 g/mol. The van der Waals surface area contributed by atoms with Crippen molar-refractivity contribution >= 4 is 23.2 Å². The summed E-state index contributed by atoms with van der Waals surface area (Å²) >= 11 is 0. The normalized spacial score (nSPS) is 12.4. The Morgan fingerprint density at radius 2 is 1.63 bits per heavy atom. The predicted octanol–water partition coefficient (Wildman–Crippen LogP) is 3.37. The van der Waals surface area contributed by atoms with Crippen LogP contribution >= 0.6 is 0 Å². The van der Waals surface area contributed by atoms with Gasteiger partial charge < -0.3 is 19.7 Å². The molecule has 0 radical (unpaired) electrons. The van der Waals surface area contributed by atoms with Crippen molar-refractivity contribution < 1.29 is 19.1 Å². The molecule has 1 N–H and O–H groups in total. The highest BCUT2D eigenvalue weighted by atomic mass is 16.6. The first kappa shape index (κ1) is 18.8. The van der Waals surface area contributed by atoms with Crippen LogP contribution in [0.2, 0.25) is 0 Å². The molecule has 1 aliphatic rings. The number of carbonyl (C=O) groups excluding carboxylic acids is 2. The van der Waals surface area contributed by atoms with Gasteiger partial charge in [-0.15, -0.1) is 0 Å². The zero-order valence-electron chi connectivity index (χ0n) is 16.1. The van der Waals surface area contributed by atoms with Gasteiger partial charge in [0.25, 0.3) is 0 Å². The van der Waals surface area contributed by atoms with Crippen molar-refractivity contribution in [1.82, 2.24) is 0 Å². The number of benzene rings is 2. The summed E-state index contributed by atoms with van der Waals surface area (Å²) in [6, 6.07) is 9.27. The Morgan fingerprint density at radius 1 is 1.00 bits per heavy atom. The molecule has 0 aliphatic carbocycles. The van der Waals surface area contributed by atoms with Crippen molar-refractivity contribution in [2.75, 3.05) is 30.0 Å². The smallest absolute Gasteiger partial charge is 0.244 e. The first-order valence-corrected chi connectivity index (χ1v) is 8.90. The van der Waals surface area contributed by atoms with Crippen LogP contribution in [-0.4, -0.2) is 31.6 Å². The maximum absolute atomic E-state index is 12.6. The molecular weight excluding hydrogens is 344 g/mol. The summed E-state index contributed by atoms with van der Waals surface area (Å²) in [4.78, 5) is 26.3. The molecule has 0 aromatic heterocycles. The third-order valence-corrected chi connectivity index (χ3v) is 4.41. The van der Waals surface area contributed by atoms with E-state index in [9.17, 15) is 9.59 Å². The molecule has 0 saturated carbocycles. The van der Waals surface area contributed by atoms with Crippen LogP contribution in [0.3, 0.4) is 0 Å². The summed E-state index contributed by atoms with van der Waals surface area (Å²) in [7, 11) is 0. The van der Waals surface area contributed by atoms with Crippen LogP contribution in [0.4, 0.5) is 11.4 Å². The minimum Gasteiger partial charge on any atom is -0.486 e. The van der Waals surface area contributed by atoms with Crippen LogP contribution in [0.15, 0.2) is 30.3 Å². The standard InChI is InChI=1S/C21H24N2O4/c1-13-9-14(2)21(15(3)10-13)23(16(4)24)12-20(25)22-17-5-6-18-19(11-17)27-8-7-26-18/h5-6,9-11H,7-8,12H2,1-4H3,(H,22,25). The van der Waals surface area contributed by atoms with Gasteiger partial charge in [0.1, 0.15) is 19.8 Å². The number of anilines is 2. The first-order chi connectivity index (χ1) is 12.8. The van der Waals surface area contributed by atoms with Gasteiger partial charge in [-0.3, -0.25) is 9.59 Å². The maximum atomic E-state index is 12.6. The van der Waals surface area contributed by atoms with E-state index in [4.69, 9.17) is 9.47 Å². The Balaban J connectivity index is 1.78. The molecule has 3 rings (SSSR count). The number of hydrogen-bond donors (Lipinski definition) is 1. The first-order valence-electron chi connectivity index (χ1n) is 8.90. The quantitative estimate of drug-likeness (QED) is 0.898. The van der Waals surface area contributed by atoms with E-state index in [1.54, 1.807) is 18.2 Å². The van der Waals surface area contributed by atoms with Crippen molar-refractivity contribution in [3.8, 4) is 11.5 Å². The molecule has 2 aromatic rings. The number of nitrogens with zero attached hydrogens (tertiary/aromatic N) is 1. The Morgan fingerprint density at radius 3 is 2.26 bits per heavy atom. The highest BCUT2D eigenvalue weighted by Gasteiger charge is 2.20. The van der Waals surface area contributed by atoms with E-state index in [1.165, 1.54) is 11.8 Å². The number of hydrogen-bond acceptors (Lipinski definition) is 4. The number of amides is 2. The van der Waals surface area contributed by atoms with E-state index in [1.807, 2.05) is 32.9 Å². The number of rotatable bonds is 4. The van der Waals surface area contributed by atoms with Gasteiger partial charge >= 0.3 is 0 Å². The topological polar surface area (TPSA) is 67.9 Å². The van der Waals surface area contributed by atoms with Crippen molar-refractivity contribution in [3.63, 3.8) is 0 Å². The van der Waals surface area contributed by atoms with Crippen molar-refractivity contribution in [2.24, 2.45) is 0 Å². The molecule has 2 amide bonds. The Kier molecular flexibility index (Phi) is 5.35. The van der Waals surface area contributed by atoms with Gasteiger partial charge in [-0.2, -0.15) is 0 Å². The second-order valence-corrected chi connectivity index (χ2v) is 6.76. The average molecular weight is 368 g/mol. The highest BCUT2D eigenvalue weighted by molar-refractivity contribution is 6.02. The van der Waals surface area contributed by atoms with E-state index >= 15 is 0 Å². The highest BCUT2D eigenvalue weighted by Crippen LogP contribution is 2.32. The molecule has 1 heterocycles. The molecule has 0 saturated heterocycles. The lowest BCUT2D eigenvalue weighted by atomic mass is 10.0. The number of ether oxygens (including phenoxy) is 2. The van der Waals surface area contributed by atoms with Crippen molar-refractivity contribution in [3.05, 3.63) is 47.0 Å². The summed E-state index contributed by atoms with van der Waals surface area (Å²) in [6.45, 7) is 8.31. The predicted molar refractivity (Wildman–Crippen MR) is 105 cm³/mol. The molecule has 6 nitrogen and oxygen atoms in total. The van der Waals surface area contributed by atoms with Crippen LogP contribution in [0, 0.1) is 20.8 Å². The van der Waals surface area contributed by atoms with Gasteiger partial charge in [0.2, 0.25) is 11.8 Å². The minimum absolute atomic E-state index is 0.0610. The molecule has 1 aliphatic heterocycles. The molecule has 0 unspecified atom stereocenters. The van der Waals surface area contributed by atoms with Crippen LogP contribution in [0.25, 0.3) is 0 Å². The second kappa shape index (κ2) is 7.70. The fourth-order valence-corrected chi connectivity index (χ4v) is 3.41. The van der Waals surface area contributed by atoms with Crippen molar-refractivity contribution in [2.45, 2.75) is 27.7 Å². The number of aryl methyl sites for hydroxylation is 3. The van der Waals surface area contributed by atoms with E-state index in [0.717, 1.165) is 22.4 Å². The van der Waals surface area contributed by atoms with Gasteiger partial charge in [0, 0.05) is 18.7 Å². The third kappa shape index (κ3) is 4.22. The fraction of sp³-hybridized carbons (Fsp3) is 0.333. The summed E-state index contributed by atoms with van der Waals surface area (Å²) in [5.41, 5.74) is 4.44. The third-order valence-electron chi connectivity index (χ3n) is 4.41. The summed E-state index contributed by atoms with van der Waals surface area (Å²) in [6.07, 6.45) is 0. The van der Waals surface area contributed by atoms with Crippen LogP contribution < -0.4 is 19.7 Å².